The minimum absolute atomic E-state index is 0.569. The molecule has 1 aliphatic carbocycles. The first-order chi connectivity index (χ1) is 9.42. The molecule has 2 aromatic rings. The SMILES string of the molecule is C1=C(c2cncs2)SC(C2CC2)N1c1ccccc1. The highest BCUT2D eigenvalue weighted by atomic mass is 32.2. The van der Waals surface area contributed by atoms with Gasteiger partial charge in [-0.2, -0.15) is 0 Å². The lowest BCUT2D eigenvalue weighted by molar-refractivity contribution is 0.765. The van der Waals surface area contributed by atoms with E-state index in [0.717, 1.165) is 5.92 Å². The van der Waals surface area contributed by atoms with Crippen LogP contribution < -0.4 is 4.90 Å². The number of rotatable bonds is 3. The Labute approximate surface area is 121 Å². The smallest absolute Gasteiger partial charge is 0.0869 e. The van der Waals surface area contributed by atoms with Gasteiger partial charge in [0.2, 0.25) is 0 Å². The van der Waals surface area contributed by atoms with E-state index in [1.807, 2.05) is 23.5 Å². The van der Waals surface area contributed by atoms with Crippen molar-refractivity contribution in [3.05, 3.63) is 53.1 Å². The maximum atomic E-state index is 4.20. The number of hydrogen-bond donors (Lipinski definition) is 0. The molecule has 1 aliphatic heterocycles. The Bertz CT molecular complexity index is 588. The van der Waals surface area contributed by atoms with Crippen molar-refractivity contribution in [2.24, 2.45) is 5.92 Å². The highest BCUT2D eigenvalue weighted by molar-refractivity contribution is 8.09. The van der Waals surface area contributed by atoms with E-state index >= 15 is 0 Å². The highest BCUT2D eigenvalue weighted by Crippen LogP contribution is 2.51. The predicted octanol–water partition coefficient (Wildman–Crippen LogP) is 4.43. The normalized spacial score (nSPS) is 22.6. The summed E-state index contributed by atoms with van der Waals surface area (Å²) in [7, 11) is 0. The topological polar surface area (TPSA) is 16.1 Å². The second-order valence-corrected chi connectivity index (χ2v) is 6.99. The van der Waals surface area contributed by atoms with Crippen LogP contribution in [0.15, 0.2) is 48.2 Å². The molecule has 96 valence electrons. The van der Waals surface area contributed by atoms with Crippen LogP contribution in [0.25, 0.3) is 4.91 Å². The van der Waals surface area contributed by atoms with Gasteiger partial charge in [0.05, 0.1) is 15.8 Å². The van der Waals surface area contributed by atoms with Crippen LogP contribution >= 0.6 is 23.1 Å². The van der Waals surface area contributed by atoms with E-state index in [4.69, 9.17) is 0 Å². The van der Waals surface area contributed by atoms with Gasteiger partial charge in [-0.05, 0) is 30.9 Å². The molecule has 1 atom stereocenters. The molecule has 4 rings (SSSR count). The summed E-state index contributed by atoms with van der Waals surface area (Å²) in [6.07, 6.45) is 7.01. The number of nitrogens with zero attached hydrogens (tertiary/aromatic N) is 2. The minimum Gasteiger partial charge on any atom is -0.334 e. The van der Waals surface area contributed by atoms with Gasteiger partial charge in [0.15, 0.2) is 0 Å². The van der Waals surface area contributed by atoms with E-state index in [2.05, 4.69) is 46.4 Å². The average molecular weight is 286 g/mol. The van der Waals surface area contributed by atoms with Crippen LogP contribution in [0.1, 0.15) is 17.7 Å². The zero-order chi connectivity index (χ0) is 12.7. The second-order valence-electron chi connectivity index (χ2n) is 4.95. The number of aromatic nitrogens is 1. The van der Waals surface area contributed by atoms with E-state index < -0.39 is 0 Å². The fourth-order valence-electron chi connectivity index (χ4n) is 2.40. The van der Waals surface area contributed by atoms with Crippen molar-refractivity contribution >= 4 is 33.7 Å². The molecule has 2 nitrogen and oxygen atoms in total. The Hall–Kier alpha value is -1.26. The Morgan fingerprint density at radius 1 is 1.16 bits per heavy atom. The lowest BCUT2D eigenvalue weighted by atomic mass is 10.2. The first kappa shape index (κ1) is 11.6. The third-order valence-corrected chi connectivity index (χ3v) is 5.90. The summed E-state index contributed by atoms with van der Waals surface area (Å²) in [4.78, 5) is 9.29. The molecule has 1 fully saturated rings. The number of hydrogen-bond acceptors (Lipinski definition) is 4. The van der Waals surface area contributed by atoms with Crippen molar-refractivity contribution in [3.63, 3.8) is 0 Å². The van der Waals surface area contributed by atoms with Crippen molar-refractivity contribution in [2.45, 2.75) is 18.2 Å². The largest absolute Gasteiger partial charge is 0.334 e. The van der Waals surface area contributed by atoms with Crippen molar-refractivity contribution in [1.29, 1.82) is 0 Å². The molecule has 1 aromatic heterocycles. The van der Waals surface area contributed by atoms with Crippen molar-refractivity contribution in [1.82, 2.24) is 4.98 Å². The van der Waals surface area contributed by atoms with Gasteiger partial charge in [-0.25, -0.2) is 0 Å². The molecular formula is C15H14N2S2. The van der Waals surface area contributed by atoms with Gasteiger partial charge in [-0.15, -0.1) is 11.3 Å². The van der Waals surface area contributed by atoms with Gasteiger partial charge in [0.25, 0.3) is 0 Å². The summed E-state index contributed by atoms with van der Waals surface area (Å²) in [5.41, 5.74) is 3.21. The first-order valence-corrected chi connectivity index (χ1v) is 8.28. The predicted molar refractivity (Wildman–Crippen MR) is 83.1 cm³/mol. The zero-order valence-corrected chi connectivity index (χ0v) is 12.0. The van der Waals surface area contributed by atoms with E-state index in [-0.39, 0.29) is 0 Å². The fraction of sp³-hybridized carbons (Fsp3) is 0.267. The zero-order valence-electron chi connectivity index (χ0n) is 10.4. The van der Waals surface area contributed by atoms with Gasteiger partial charge >= 0.3 is 0 Å². The van der Waals surface area contributed by atoms with Crippen LogP contribution in [0.2, 0.25) is 0 Å². The standard InChI is InChI=1S/C15H14N2S2/c1-2-4-12(5-3-1)17-9-14(13-8-16-10-18-13)19-15(17)11-6-7-11/h1-5,8-11,15H,6-7H2. The molecule has 0 bridgehead atoms. The molecule has 0 radical (unpaired) electrons. The molecule has 0 spiro atoms. The number of thiazole rings is 1. The van der Waals surface area contributed by atoms with Crippen LogP contribution in [0.3, 0.4) is 0 Å². The summed E-state index contributed by atoms with van der Waals surface area (Å²) in [6.45, 7) is 0. The summed E-state index contributed by atoms with van der Waals surface area (Å²) >= 11 is 3.72. The molecule has 0 amide bonds. The molecule has 1 saturated carbocycles. The fourth-order valence-corrected chi connectivity index (χ4v) is 4.58. The first-order valence-electron chi connectivity index (χ1n) is 6.52. The maximum absolute atomic E-state index is 4.20. The molecule has 4 heteroatoms. The molecular weight excluding hydrogens is 272 g/mol. The van der Waals surface area contributed by atoms with Crippen LogP contribution in [0.4, 0.5) is 5.69 Å². The Kier molecular flexibility index (Phi) is 2.85. The van der Waals surface area contributed by atoms with E-state index in [0.29, 0.717) is 5.37 Å². The quantitative estimate of drug-likeness (QED) is 0.830. The lowest BCUT2D eigenvalue weighted by Crippen LogP contribution is -2.25. The van der Waals surface area contributed by atoms with Gasteiger partial charge < -0.3 is 4.90 Å². The number of thioether (sulfide) groups is 1. The molecule has 1 unspecified atom stereocenters. The summed E-state index contributed by atoms with van der Waals surface area (Å²) in [5.74, 6) is 0.840. The van der Waals surface area contributed by atoms with Gasteiger partial charge in [0, 0.05) is 23.0 Å². The van der Waals surface area contributed by atoms with Crippen molar-refractivity contribution in [2.75, 3.05) is 4.90 Å². The van der Waals surface area contributed by atoms with Crippen molar-refractivity contribution < 1.29 is 0 Å². The number of benzene rings is 1. The molecule has 19 heavy (non-hydrogen) atoms. The Morgan fingerprint density at radius 3 is 2.68 bits per heavy atom. The monoisotopic (exact) mass is 286 g/mol. The average Bonchev–Trinajstić information content (AvgIpc) is 3.00. The third-order valence-electron chi connectivity index (χ3n) is 3.53. The summed E-state index contributed by atoms with van der Waals surface area (Å²) in [5, 5.41) is 0.569. The van der Waals surface area contributed by atoms with Crippen LogP contribution in [-0.4, -0.2) is 10.4 Å². The van der Waals surface area contributed by atoms with Gasteiger partial charge in [0.1, 0.15) is 0 Å². The van der Waals surface area contributed by atoms with Crippen LogP contribution in [0, 0.1) is 5.92 Å². The van der Waals surface area contributed by atoms with Gasteiger partial charge in [-0.1, -0.05) is 30.0 Å². The van der Waals surface area contributed by atoms with E-state index in [1.165, 1.54) is 28.3 Å². The second kappa shape index (κ2) is 4.69. The Balaban J connectivity index is 1.69. The highest BCUT2D eigenvalue weighted by Gasteiger charge is 2.39. The molecule has 0 saturated heterocycles. The van der Waals surface area contributed by atoms with E-state index in [1.54, 1.807) is 11.3 Å². The van der Waals surface area contributed by atoms with Gasteiger partial charge in [-0.3, -0.25) is 4.98 Å². The van der Waals surface area contributed by atoms with Crippen LogP contribution in [-0.2, 0) is 0 Å². The summed E-state index contributed by atoms with van der Waals surface area (Å²) in [6, 6.07) is 10.7. The molecule has 2 aliphatic rings. The lowest BCUT2D eigenvalue weighted by Gasteiger charge is -2.24. The van der Waals surface area contributed by atoms with E-state index in [9.17, 15) is 0 Å². The third kappa shape index (κ3) is 2.19. The Morgan fingerprint density at radius 2 is 2.00 bits per heavy atom. The molecule has 2 heterocycles. The van der Waals surface area contributed by atoms with Crippen LogP contribution in [0.5, 0.6) is 0 Å². The number of anilines is 1. The summed E-state index contributed by atoms with van der Waals surface area (Å²) < 4.78 is 0. The molecule has 0 N–H and O–H groups in total. The van der Waals surface area contributed by atoms with Crippen molar-refractivity contribution in [3.8, 4) is 0 Å². The molecule has 1 aromatic carbocycles. The maximum Gasteiger partial charge on any atom is 0.0869 e. The minimum atomic E-state index is 0.569. The number of para-hydroxylation sites is 1.